The van der Waals surface area contributed by atoms with Gasteiger partial charge in [0, 0.05) is 19.0 Å². The lowest BCUT2D eigenvalue weighted by Crippen LogP contribution is -2.26. The Labute approximate surface area is 109 Å². The molecule has 1 aromatic rings. The summed E-state index contributed by atoms with van der Waals surface area (Å²) in [5.41, 5.74) is 1.27. The SMILES string of the molecule is COc1ccc(C(C)NC2=NCCCCC2)cc1. The molecule has 1 atom stereocenters. The summed E-state index contributed by atoms with van der Waals surface area (Å²) in [5, 5.41) is 3.52. The third kappa shape index (κ3) is 3.49. The molecule has 3 heteroatoms. The lowest BCUT2D eigenvalue weighted by molar-refractivity contribution is 0.414. The summed E-state index contributed by atoms with van der Waals surface area (Å²) in [6, 6.07) is 8.51. The molecule has 0 amide bonds. The third-order valence-electron chi connectivity index (χ3n) is 3.37. The number of ether oxygens (including phenoxy) is 1. The quantitative estimate of drug-likeness (QED) is 0.887. The van der Waals surface area contributed by atoms with Gasteiger partial charge in [-0.15, -0.1) is 0 Å². The van der Waals surface area contributed by atoms with E-state index in [1.54, 1.807) is 7.11 Å². The zero-order valence-electron chi connectivity index (χ0n) is 11.3. The Kier molecular flexibility index (Phi) is 4.62. The van der Waals surface area contributed by atoms with Gasteiger partial charge in [-0.3, -0.25) is 4.99 Å². The first-order valence-electron chi connectivity index (χ1n) is 6.73. The summed E-state index contributed by atoms with van der Waals surface area (Å²) >= 11 is 0. The van der Waals surface area contributed by atoms with Gasteiger partial charge in [-0.1, -0.05) is 18.6 Å². The number of hydrogen-bond acceptors (Lipinski definition) is 3. The fraction of sp³-hybridized carbons (Fsp3) is 0.533. The molecule has 0 aromatic heterocycles. The van der Waals surface area contributed by atoms with Gasteiger partial charge < -0.3 is 10.1 Å². The zero-order valence-corrected chi connectivity index (χ0v) is 11.3. The van der Waals surface area contributed by atoms with Crippen LogP contribution in [-0.2, 0) is 0 Å². The maximum Gasteiger partial charge on any atom is 0.118 e. The van der Waals surface area contributed by atoms with Gasteiger partial charge in [-0.25, -0.2) is 0 Å². The standard InChI is InChI=1S/C15H22N2O/c1-12(13-7-9-14(18-2)10-8-13)17-15-6-4-3-5-11-16-15/h7-10,12H,3-6,11H2,1-2H3,(H,16,17). The monoisotopic (exact) mass is 246 g/mol. The molecule has 1 N–H and O–H groups in total. The molecule has 1 aromatic carbocycles. The van der Waals surface area contributed by atoms with E-state index >= 15 is 0 Å². The Balaban J connectivity index is 1.97. The van der Waals surface area contributed by atoms with E-state index in [1.165, 1.54) is 24.8 Å². The summed E-state index contributed by atoms with van der Waals surface area (Å²) in [6.45, 7) is 3.15. The molecule has 98 valence electrons. The Morgan fingerprint density at radius 2 is 1.94 bits per heavy atom. The van der Waals surface area contributed by atoms with Crippen LogP contribution >= 0.6 is 0 Å². The number of aliphatic imine (C=N–C) groups is 1. The first kappa shape index (κ1) is 12.9. The molecule has 0 spiro atoms. The smallest absolute Gasteiger partial charge is 0.118 e. The van der Waals surface area contributed by atoms with E-state index in [0.29, 0.717) is 6.04 Å². The largest absolute Gasteiger partial charge is 0.497 e. The molecular weight excluding hydrogens is 224 g/mol. The van der Waals surface area contributed by atoms with Crippen LogP contribution in [0.15, 0.2) is 29.3 Å². The maximum atomic E-state index is 5.17. The number of nitrogens with zero attached hydrogens (tertiary/aromatic N) is 1. The predicted molar refractivity (Wildman–Crippen MR) is 75.3 cm³/mol. The van der Waals surface area contributed by atoms with Crippen molar-refractivity contribution in [3.63, 3.8) is 0 Å². The van der Waals surface area contributed by atoms with Crippen molar-refractivity contribution in [3.05, 3.63) is 29.8 Å². The predicted octanol–water partition coefficient (Wildman–Crippen LogP) is 3.32. The number of methoxy groups -OCH3 is 1. The molecule has 0 saturated carbocycles. The van der Waals surface area contributed by atoms with E-state index in [0.717, 1.165) is 24.6 Å². The number of rotatable bonds is 3. The molecule has 3 nitrogen and oxygen atoms in total. The second-order valence-corrected chi connectivity index (χ2v) is 4.78. The van der Waals surface area contributed by atoms with Crippen LogP contribution in [0.2, 0.25) is 0 Å². The van der Waals surface area contributed by atoms with Gasteiger partial charge in [0.05, 0.1) is 12.9 Å². The third-order valence-corrected chi connectivity index (χ3v) is 3.37. The van der Waals surface area contributed by atoms with E-state index in [4.69, 9.17) is 4.74 Å². The number of hydrogen-bond donors (Lipinski definition) is 1. The van der Waals surface area contributed by atoms with Crippen LogP contribution in [-0.4, -0.2) is 19.5 Å². The van der Waals surface area contributed by atoms with Crippen molar-refractivity contribution in [1.29, 1.82) is 0 Å². The lowest BCUT2D eigenvalue weighted by atomic mass is 10.1. The topological polar surface area (TPSA) is 33.6 Å². The summed E-state index contributed by atoms with van der Waals surface area (Å²) in [6.07, 6.45) is 4.86. The normalized spacial score (nSPS) is 17.6. The summed E-state index contributed by atoms with van der Waals surface area (Å²) in [4.78, 5) is 4.60. The van der Waals surface area contributed by atoms with Crippen LogP contribution in [0, 0.1) is 0 Å². The van der Waals surface area contributed by atoms with Gasteiger partial charge in [-0.2, -0.15) is 0 Å². The molecule has 2 rings (SSSR count). The average molecular weight is 246 g/mol. The molecule has 0 saturated heterocycles. The molecule has 1 unspecified atom stereocenters. The van der Waals surface area contributed by atoms with Gasteiger partial charge in [-0.05, 0) is 37.5 Å². The van der Waals surface area contributed by atoms with Gasteiger partial charge in [0.25, 0.3) is 0 Å². The Morgan fingerprint density at radius 1 is 1.17 bits per heavy atom. The van der Waals surface area contributed by atoms with E-state index in [9.17, 15) is 0 Å². The van der Waals surface area contributed by atoms with Crippen molar-refractivity contribution < 1.29 is 4.74 Å². The first-order valence-corrected chi connectivity index (χ1v) is 6.73. The number of benzene rings is 1. The fourth-order valence-electron chi connectivity index (χ4n) is 2.22. The van der Waals surface area contributed by atoms with Crippen LogP contribution in [0.25, 0.3) is 0 Å². The molecule has 0 radical (unpaired) electrons. The molecule has 18 heavy (non-hydrogen) atoms. The molecule has 0 bridgehead atoms. The number of nitrogens with one attached hydrogen (secondary N) is 1. The van der Waals surface area contributed by atoms with Crippen molar-refractivity contribution in [2.24, 2.45) is 4.99 Å². The molecule has 0 aliphatic carbocycles. The van der Waals surface area contributed by atoms with Crippen LogP contribution in [0.1, 0.15) is 44.2 Å². The van der Waals surface area contributed by atoms with Crippen molar-refractivity contribution in [3.8, 4) is 5.75 Å². The van der Waals surface area contributed by atoms with Crippen molar-refractivity contribution in [2.75, 3.05) is 13.7 Å². The van der Waals surface area contributed by atoms with Gasteiger partial charge >= 0.3 is 0 Å². The van der Waals surface area contributed by atoms with Crippen LogP contribution < -0.4 is 10.1 Å². The van der Waals surface area contributed by atoms with Gasteiger partial charge in [0.15, 0.2) is 0 Å². The minimum Gasteiger partial charge on any atom is -0.497 e. The Morgan fingerprint density at radius 3 is 2.67 bits per heavy atom. The first-order chi connectivity index (χ1) is 8.79. The van der Waals surface area contributed by atoms with E-state index in [1.807, 2.05) is 12.1 Å². The minimum absolute atomic E-state index is 0.299. The molecule has 1 heterocycles. The fourth-order valence-corrected chi connectivity index (χ4v) is 2.22. The van der Waals surface area contributed by atoms with Crippen LogP contribution in [0.5, 0.6) is 5.75 Å². The molecular formula is C15H22N2O. The van der Waals surface area contributed by atoms with Crippen LogP contribution in [0.4, 0.5) is 0 Å². The van der Waals surface area contributed by atoms with Crippen molar-refractivity contribution in [1.82, 2.24) is 5.32 Å². The summed E-state index contributed by atoms with van der Waals surface area (Å²) in [7, 11) is 1.69. The molecule has 1 aliphatic heterocycles. The lowest BCUT2D eigenvalue weighted by Gasteiger charge is -2.17. The molecule has 1 aliphatic rings. The Hall–Kier alpha value is -1.51. The maximum absolute atomic E-state index is 5.17. The van der Waals surface area contributed by atoms with Crippen molar-refractivity contribution in [2.45, 2.75) is 38.6 Å². The van der Waals surface area contributed by atoms with Crippen LogP contribution in [0.3, 0.4) is 0 Å². The summed E-state index contributed by atoms with van der Waals surface area (Å²) < 4.78 is 5.17. The van der Waals surface area contributed by atoms with E-state index < -0.39 is 0 Å². The number of amidine groups is 1. The van der Waals surface area contributed by atoms with Gasteiger partial charge in [0.2, 0.25) is 0 Å². The highest BCUT2D eigenvalue weighted by Gasteiger charge is 2.09. The van der Waals surface area contributed by atoms with E-state index in [2.05, 4.69) is 29.4 Å². The van der Waals surface area contributed by atoms with Crippen molar-refractivity contribution >= 4 is 5.84 Å². The zero-order chi connectivity index (χ0) is 12.8. The van der Waals surface area contributed by atoms with E-state index in [-0.39, 0.29) is 0 Å². The summed E-state index contributed by atoms with van der Waals surface area (Å²) in [5.74, 6) is 2.06. The average Bonchev–Trinajstić information content (AvgIpc) is 2.67. The Bertz CT molecular complexity index is 397. The minimum atomic E-state index is 0.299. The van der Waals surface area contributed by atoms with Gasteiger partial charge in [0.1, 0.15) is 5.75 Å². The second kappa shape index (κ2) is 6.43. The second-order valence-electron chi connectivity index (χ2n) is 4.78. The highest BCUT2D eigenvalue weighted by molar-refractivity contribution is 5.82. The molecule has 0 fully saturated rings. The highest BCUT2D eigenvalue weighted by Crippen LogP contribution is 2.18. The highest BCUT2D eigenvalue weighted by atomic mass is 16.5.